The van der Waals surface area contributed by atoms with Gasteiger partial charge in [0.2, 0.25) is 0 Å². The van der Waals surface area contributed by atoms with Gasteiger partial charge in [0.1, 0.15) is 0 Å². The van der Waals surface area contributed by atoms with E-state index >= 15 is 0 Å². The molecular formula is C11H28. The van der Waals surface area contributed by atoms with Crippen LogP contribution in [0.4, 0.5) is 0 Å². The van der Waals surface area contributed by atoms with Crippen LogP contribution in [0.25, 0.3) is 0 Å². The lowest BCUT2D eigenvalue weighted by Crippen LogP contribution is -1.47. The topological polar surface area (TPSA) is 0 Å². The van der Waals surface area contributed by atoms with Crippen molar-refractivity contribution < 1.29 is 0 Å². The molecule has 72 valence electrons. The molecule has 0 aromatic heterocycles. The highest BCUT2D eigenvalue weighted by Gasteiger charge is 1.95. The zero-order valence-corrected chi connectivity index (χ0v) is 8.24. The van der Waals surface area contributed by atoms with E-state index in [0.29, 0.717) is 0 Å². The summed E-state index contributed by atoms with van der Waals surface area (Å²) in [6, 6.07) is 0. The molecule has 11 heavy (non-hydrogen) atoms. The van der Waals surface area contributed by atoms with E-state index < -0.39 is 0 Å². The fourth-order valence-corrected chi connectivity index (χ4v) is 0.884. The predicted molar refractivity (Wildman–Crippen MR) is 57.1 cm³/mol. The van der Waals surface area contributed by atoms with Gasteiger partial charge in [0.25, 0.3) is 0 Å². The van der Waals surface area contributed by atoms with E-state index in [-0.39, 0.29) is 7.43 Å². The van der Waals surface area contributed by atoms with Crippen molar-refractivity contribution in [3.05, 3.63) is 0 Å². The molecule has 0 bridgehead atoms. The third kappa shape index (κ3) is 25.6. The molecule has 0 aromatic carbocycles. The van der Waals surface area contributed by atoms with Gasteiger partial charge in [-0.05, 0) is 0 Å². The van der Waals surface area contributed by atoms with Crippen molar-refractivity contribution in [2.45, 2.75) is 73.6 Å². The molecule has 1 rings (SSSR count). The van der Waals surface area contributed by atoms with E-state index in [2.05, 4.69) is 13.8 Å². The molecule has 0 N–H and O–H groups in total. The quantitative estimate of drug-likeness (QED) is 0.466. The third-order valence-electron chi connectivity index (χ3n) is 1.25. The normalized spacial score (nSPS) is 13.1. The summed E-state index contributed by atoms with van der Waals surface area (Å²) < 4.78 is 0. The molecule has 1 fully saturated rings. The zero-order valence-electron chi connectivity index (χ0n) is 8.24. The first-order valence-electron chi connectivity index (χ1n) is 4.91. The van der Waals surface area contributed by atoms with Gasteiger partial charge in [0, 0.05) is 0 Å². The fraction of sp³-hybridized carbons (Fsp3) is 1.00. The Bertz CT molecular complexity index is 19.4. The second kappa shape index (κ2) is 22.5. The Morgan fingerprint density at radius 2 is 0.818 bits per heavy atom. The molecular weight excluding hydrogens is 132 g/mol. The largest absolute Gasteiger partial charge is 0.0776 e. The predicted octanol–water partition coefficient (Wildman–Crippen LogP) is 5.03. The first kappa shape index (κ1) is 17.2. The van der Waals surface area contributed by atoms with Crippen molar-refractivity contribution in [1.82, 2.24) is 0 Å². The molecule has 0 heterocycles. The standard InChI is InChI=1S/C5H10.C3H8.C2H6.CH4/c1-2-4-5-3-1;1-3-2;1-2;/h1-5H2;3H2,1-2H3;1-2H3;1H4. The maximum atomic E-state index is 2.12. The molecule has 0 unspecified atom stereocenters. The molecule has 1 aliphatic rings. The van der Waals surface area contributed by atoms with Crippen LogP contribution in [-0.2, 0) is 0 Å². The van der Waals surface area contributed by atoms with Crippen molar-refractivity contribution in [1.29, 1.82) is 0 Å². The van der Waals surface area contributed by atoms with E-state index in [4.69, 9.17) is 0 Å². The van der Waals surface area contributed by atoms with Crippen LogP contribution in [0.15, 0.2) is 0 Å². The van der Waals surface area contributed by atoms with Crippen LogP contribution in [0.2, 0.25) is 0 Å². The Morgan fingerprint density at radius 1 is 0.727 bits per heavy atom. The molecule has 0 radical (unpaired) electrons. The number of hydrogen-bond acceptors (Lipinski definition) is 0. The Balaban J connectivity index is -0.0000000956. The Morgan fingerprint density at radius 3 is 0.909 bits per heavy atom. The summed E-state index contributed by atoms with van der Waals surface area (Å²) in [5, 5.41) is 0. The summed E-state index contributed by atoms with van der Waals surface area (Å²) in [5.41, 5.74) is 0. The van der Waals surface area contributed by atoms with Gasteiger partial charge < -0.3 is 0 Å². The second-order valence-corrected chi connectivity index (χ2v) is 2.47. The summed E-state index contributed by atoms with van der Waals surface area (Å²) in [6.07, 6.45) is 8.75. The highest BCUT2D eigenvalue weighted by molar-refractivity contribution is 4.51. The van der Waals surface area contributed by atoms with Crippen molar-refractivity contribution in [3.8, 4) is 0 Å². The minimum absolute atomic E-state index is 0. The van der Waals surface area contributed by atoms with E-state index in [9.17, 15) is 0 Å². The smallest absolute Gasteiger partial charge is 0.0533 e. The summed E-state index contributed by atoms with van der Waals surface area (Å²) in [4.78, 5) is 0. The highest BCUT2D eigenvalue weighted by atomic mass is 14.0. The number of hydrogen-bond donors (Lipinski definition) is 0. The SMILES string of the molecule is C.C1CCCC1.CC.CCC. The van der Waals surface area contributed by atoms with Gasteiger partial charge in [-0.3, -0.25) is 0 Å². The van der Waals surface area contributed by atoms with Crippen LogP contribution in [0, 0.1) is 0 Å². The first-order valence-corrected chi connectivity index (χ1v) is 4.91. The van der Waals surface area contributed by atoms with E-state index in [0.717, 1.165) is 0 Å². The van der Waals surface area contributed by atoms with Crippen LogP contribution in [-0.4, -0.2) is 0 Å². The van der Waals surface area contributed by atoms with Gasteiger partial charge >= 0.3 is 0 Å². The average Bonchev–Trinajstić information content (AvgIpc) is 2.48. The van der Waals surface area contributed by atoms with Gasteiger partial charge in [-0.1, -0.05) is 73.6 Å². The van der Waals surface area contributed by atoms with Crippen molar-refractivity contribution in [3.63, 3.8) is 0 Å². The van der Waals surface area contributed by atoms with Gasteiger partial charge in [-0.25, -0.2) is 0 Å². The Hall–Kier alpha value is 0. The maximum Gasteiger partial charge on any atom is -0.0533 e. The minimum atomic E-state index is 0. The van der Waals surface area contributed by atoms with Crippen molar-refractivity contribution >= 4 is 0 Å². The zero-order chi connectivity index (χ0) is 8.24. The summed E-state index contributed by atoms with van der Waals surface area (Å²) in [5.74, 6) is 0. The van der Waals surface area contributed by atoms with Gasteiger partial charge in [-0.15, -0.1) is 0 Å². The van der Waals surface area contributed by atoms with Crippen molar-refractivity contribution in [2.75, 3.05) is 0 Å². The van der Waals surface area contributed by atoms with Gasteiger partial charge in [0.05, 0.1) is 0 Å². The Kier molecular flexibility index (Phi) is 35.2. The monoisotopic (exact) mass is 160 g/mol. The Labute approximate surface area is 74.4 Å². The molecule has 1 aliphatic carbocycles. The molecule has 0 saturated heterocycles. The van der Waals surface area contributed by atoms with Gasteiger partial charge in [-0.2, -0.15) is 0 Å². The number of rotatable bonds is 0. The lowest BCUT2D eigenvalue weighted by atomic mass is 10.4. The molecule has 0 aromatic rings. The summed E-state index contributed by atoms with van der Waals surface area (Å²) >= 11 is 0. The van der Waals surface area contributed by atoms with Crippen LogP contribution < -0.4 is 0 Å². The average molecular weight is 160 g/mol. The molecule has 1 saturated carbocycles. The van der Waals surface area contributed by atoms with Crippen LogP contribution in [0.1, 0.15) is 73.6 Å². The minimum Gasteiger partial charge on any atom is -0.0776 e. The lowest BCUT2D eigenvalue weighted by molar-refractivity contribution is 0.886. The van der Waals surface area contributed by atoms with Gasteiger partial charge in [0.15, 0.2) is 0 Å². The van der Waals surface area contributed by atoms with E-state index in [1.807, 2.05) is 13.8 Å². The van der Waals surface area contributed by atoms with Crippen LogP contribution in [0.3, 0.4) is 0 Å². The molecule has 0 amide bonds. The maximum absolute atomic E-state index is 2.12. The first-order chi connectivity index (χ1) is 4.91. The van der Waals surface area contributed by atoms with E-state index in [1.54, 1.807) is 0 Å². The summed E-state index contributed by atoms with van der Waals surface area (Å²) in [7, 11) is 0. The van der Waals surface area contributed by atoms with Crippen LogP contribution >= 0.6 is 0 Å². The molecule has 0 nitrogen and oxygen atoms in total. The molecule has 0 spiro atoms. The lowest BCUT2D eigenvalue weighted by Gasteiger charge is -1.67. The van der Waals surface area contributed by atoms with Crippen molar-refractivity contribution in [2.24, 2.45) is 0 Å². The second-order valence-electron chi connectivity index (χ2n) is 2.47. The van der Waals surface area contributed by atoms with E-state index in [1.165, 1.54) is 38.5 Å². The highest BCUT2D eigenvalue weighted by Crippen LogP contribution is 2.15. The molecule has 0 aliphatic heterocycles. The molecule has 0 heteroatoms. The summed E-state index contributed by atoms with van der Waals surface area (Å²) in [6.45, 7) is 8.25. The van der Waals surface area contributed by atoms with Crippen LogP contribution in [0.5, 0.6) is 0 Å². The third-order valence-corrected chi connectivity index (χ3v) is 1.25. The molecule has 0 atom stereocenters. The fourth-order valence-electron chi connectivity index (χ4n) is 0.884.